The lowest BCUT2D eigenvalue weighted by atomic mass is 9.84. The Balaban J connectivity index is 0.00000182. The molecule has 158 valence electrons. The van der Waals surface area contributed by atoms with Crippen molar-refractivity contribution in [3.63, 3.8) is 0 Å². The molecule has 0 unspecified atom stereocenters. The monoisotopic (exact) mass is 422 g/mol. The highest BCUT2D eigenvalue weighted by Crippen LogP contribution is 2.28. The quantitative estimate of drug-likeness (QED) is 0.654. The summed E-state index contributed by atoms with van der Waals surface area (Å²) >= 11 is 0. The lowest BCUT2D eigenvalue weighted by Gasteiger charge is -2.38. The average molecular weight is 423 g/mol. The Morgan fingerprint density at radius 2 is 1.63 bits per heavy atom. The second kappa shape index (κ2) is 12.8. The van der Waals surface area contributed by atoms with E-state index < -0.39 is 0 Å². The van der Waals surface area contributed by atoms with E-state index in [0.717, 1.165) is 71.6 Å². The van der Waals surface area contributed by atoms with Gasteiger partial charge in [0, 0.05) is 51.6 Å². The summed E-state index contributed by atoms with van der Waals surface area (Å²) < 4.78 is 0. The van der Waals surface area contributed by atoms with E-state index in [1.54, 1.807) is 0 Å². The molecule has 2 N–H and O–H groups in total. The summed E-state index contributed by atoms with van der Waals surface area (Å²) in [5, 5.41) is 6.43. The van der Waals surface area contributed by atoms with Gasteiger partial charge in [0.2, 0.25) is 11.8 Å². The second-order valence-electron chi connectivity index (χ2n) is 7.88. The molecule has 3 rings (SSSR count). The van der Waals surface area contributed by atoms with Gasteiger partial charge in [0.25, 0.3) is 0 Å². The molecule has 2 heterocycles. The molecule has 1 saturated carbocycles. The van der Waals surface area contributed by atoms with Crippen molar-refractivity contribution >= 4 is 36.6 Å². The largest absolute Gasteiger partial charge is 0.355 e. The minimum absolute atomic E-state index is 0. The number of carbonyl (C=O) groups is 2. The van der Waals surface area contributed by atoms with Crippen LogP contribution in [0.3, 0.4) is 0 Å². The molecular formula is C19H36Cl2N4O2. The van der Waals surface area contributed by atoms with E-state index in [9.17, 15) is 9.59 Å². The number of piperidine rings is 1. The Hall–Kier alpha value is -0.560. The van der Waals surface area contributed by atoms with Gasteiger partial charge in [-0.25, -0.2) is 0 Å². The van der Waals surface area contributed by atoms with Gasteiger partial charge in [0.05, 0.1) is 0 Å². The van der Waals surface area contributed by atoms with Crippen LogP contribution < -0.4 is 10.6 Å². The van der Waals surface area contributed by atoms with E-state index in [2.05, 4.69) is 15.5 Å². The van der Waals surface area contributed by atoms with Gasteiger partial charge >= 0.3 is 0 Å². The Morgan fingerprint density at radius 3 is 2.22 bits per heavy atom. The fraction of sp³-hybridized carbons (Fsp3) is 0.895. The van der Waals surface area contributed by atoms with Crippen LogP contribution in [0.1, 0.15) is 44.9 Å². The highest BCUT2D eigenvalue weighted by atomic mass is 35.5. The molecule has 0 aromatic carbocycles. The number of carbonyl (C=O) groups excluding carboxylic acids is 2. The van der Waals surface area contributed by atoms with E-state index in [-0.39, 0.29) is 30.7 Å². The minimum atomic E-state index is 0. The van der Waals surface area contributed by atoms with E-state index >= 15 is 0 Å². The van der Waals surface area contributed by atoms with Crippen LogP contribution in [-0.4, -0.2) is 74.0 Å². The Bertz CT molecular complexity index is 449. The van der Waals surface area contributed by atoms with Crippen LogP contribution >= 0.6 is 24.8 Å². The predicted molar refractivity (Wildman–Crippen MR) is 113 cm³/mol. The lowest BCUT2D eigenvalue weighted by Crippen LogP contribution is -2.52. The fourth-order valence-electron chi connectivity index (χ4n) is 4.05. The smallest absolute Gasteiger partial charge is 0.225 e. The molecule has 0 aromatic rings. The van der Waals surface area contributed by atoms with Crippen LogP contribution in [0.4, 0.5) is 0 Å². The molecule has 3 aliphatic rings. The van der Waals surface area contributed by atoms with Gasteiger partial charge < -0.3 is 15.5 Å². The number of piperazine rings is 1. The molecule has 27 heavy (non-hydrogen) atoms. The summed E-state index contributed by atoms with van der Waals surface area (Å²) in [4.78, 5) is 28.6. The molecule has 0 spiro atoms. The van der Waals surface area contributed by atoms with Crippen molar-refractivity contribution in [2.75, 3.05) is 52.4 Å². The molecule has 0 aromatic heterocycles. The average Bonchev–Trinajstić information content (AvgIpc) is 2.60. The lowest BCUT2D eigenvalue weighted by molar-refractivity contribution is -0.139. The molecule has 2 amide bonds. The van der Waals surface area contributed by atoms with Crippen LogP contribution in [-0.2, 0) is 9.59 Å². The zero-order valence-electron chi connectivity index (χ0n) is 16.3. The molecule has 0 radical (unpaired) electrons. The first kappa shape index (κ1) is 24.5. The number of amides is 2. The highest BCUT2D eigenvalue weighted by Gasteiger charge is 2.31. The van der Waals surface area contributed by atoms with Crippen LogP contribution in [0.2, 0.25) is 0 Å². The Kier molecular flexibility index (Phi) is 11.6. The first-order chi connectivity index (χ1) is 12.2. The third kappa shape index (κ3) is 7.76. The summed E-state index contributed by atoms with van der Waals surface area (Å²) in [6.07, 6.45) is 7.48. The van der Waals surface area contributed by atoms with Crippen molar-refractivity contribution in [2.24, 2.45) is 11.8 Å². The van der Waals surface area contributed by atoms with Crippen molar-refractivity contribution in [3.8, 4) is 0 Å². The second-order valence-corrected chi connectivity index (χ2v) is 7.88. The molecule has 8 heteroatoms. The van der Waals surface area contributed by atoms with Gasteiger partial charge in [-0.3, -0.25) is 14.5 Å². The minimum Gasteiger partial charge on any atom is -0.355 e. The van der Waals surface area contributed by atoms with Gasteiger partial charge in [-0.2, -0.15) is 0 Å². The Labute approximate surface area is 176 Å². The zero-order chi connectivity index (χ0) is 17.5. The van der Waals surface area contributed by atoms with E-state index in [1.807, 2.05) is 4.90 Å². The van der Waals surface area contributed by atoms with Crippen molar-refractivity contribution in [1.29, 1.82) is 0 Å². The molecular weight excluding hydrogens is 387 g/mol. The SMILES string of the molecule is Cl.Cl.O=C(CCC1CCNCC1)NCCN1CCN(C(=O)C2CCC2)CC1. The van der Waals surface area contributed by atoms with Crippen molar-refractivity contribution in [3.05, 3.63) is 0 Å². The van der Waals surface area contributed by atoms with Crippen molar-refractivity contribution < 1.29 is 9.59 Å². The Morgan fingerprint density at radius 1 is 0.963 bits per heavy atom. The van der Waals surface area contributed by atoms with Crippen LogP contribution in [0.5, 0.6) is 0 Å². The summed E-state index contributed by atoms with van der Waals surface area (Å²) in [6, 6.07) is 0. The number of hydrogen-bond donors (Lipinski definition) is 2. The summed E-state index contributed by atoms with van der Waals surface area (Å²) in [5.41, 5.74) is 0. The number of halogens is 2. The molecule has 1 aliphatic carbocycles. The fourth-order valence-corrected chi connectivity index (χ4v) is 4.05. The van der Waals surface area contributed by atoms with E-state index in [4.69, 9.17) is 0 Å². The summed E-state index contributed by atoms with van der Waals surface area (Å²) in [5.74, 6) is 1.59. The number of nitrogens with one attached hydrogen (secondary N) is 2. The first-order valence-electron chi connectivity index (χ1n) is 10.2. The van der Waals surface area contributed by atoms with E-state index in [0.29, 0.717) is 24.2 Å². The maximum atomic E-state index is 12.2. The third-order valence-electron chi connectivity index (χ3n) is 6.13. The number of rotatable bonds is 7. The molecule has 0 bridgehead atoms. The van der Waals surface area contributed by atoms with Crippen molar-refractivity contribution in [1.82, 2.24) is 20.4 Å². The maximum Gasteiger partial charge on any atom is 0.225 e. The molecule has 0 atom stereocenters. The predicted octanol–water partition coefficient (Wildman–Crippen LogP) is 1.67. The van der Waals surface area contributed by atoms with Crippen LogP contribution in [0.25, 0.3) is 0 Å². The maximum absolute atomic E-state index is 12.2. The van der Waals surface area contributed by atoms with E-state index in [1.165, 1.54) is 19.3 Å². The molecule has 2 saturated heterocycles. The first-order valence-corrected chi connectivity index (χ1v) is 10.2. The molecule has 2 aliphatic heterocycles. The van der Waals surface area contributed by atoms with Crippen LogP contribution in [0, 0.1) is 11.8 Å². The number of nitrogens with zero attached hydrogens (tertiary/aromatic N) is 2. The van der Waals surface area contributed by atoms with Gasteiger partial charge in [0.15, 0.2) is 0 Å². The zero-order valence-corrected chi connectivity index (χ0v) is 17.9. The number of hydrogen-bond acceptors (Lipinski definition) is 4. The standard InChI is InChI=1S/C19H34N4O2.2ClH/c24-18(5-4-16-6-8-20-9-7-16)21-10-11-22-12-14-23(15-13-22)19(25)17-2-1-3-17;;/h16-17,20H,1-15H2,(H,21,24);2*1H. The van der Waals surface area contributed by atoms with Gasteiger partial charge in [-0.05, 0) is 51.1 Å². The van der Waals surface area contributed by atoms with Gasteiger partial charge in [-0.1, -0.05) is 6.42 Å². The normalized spacial score (nSPS) is 21.6. The molecule has 3 fully saturated rings. The summed E-state index contributed by atoms with van der Waals surface area (Å²) in [7, 11) is 0. The van der Waals surface area contributed by atoms with Gasteiger partial charge in [0.1, 0.15) is 0 Å². The van der Waals surface area contributed by atoms with Crippen molar-refractivity contribution in [2.45, 2.75) is 44.9 Å². The molecule has 6 nitrogen and oxygen atoms in total. The third-order valence-corrected chi connectivity index (χ3v) is 6.13. The topological polar surface area (TPSA) is 64.7 Å². The van der Waals surface area contributed by atoms with Crippen LogP contribution in [0.15, 0.2) is 0 Å². The van der Waals surface area contributed by atoms with Gasteiger partial charge in [-0.15, -0.1) is 24.8 Å². The summed E-state index contributed by atoms with van der Waals surface area (Å²) in [6.45, 7) is 7.38. The highest BCUT2D eigenvalue weighted by molar-refractivity contribution is 5.85.